The first-order valence-corrected chi connectivity index (χ1v) is 9.41. The molecular weight excluding hydrogens is 366 g/mol. The fourth-order valence-corrected chi connectivity index (χ4v) is 3.74. The number of carbonyl (C=O) groups excluding carboxylic acids is 1. The van der Waals surface area contributed by atoms with E-state index < -0.39 is 5.92 Å². The van der Waals surface area contributed by atoms with E-state index in [1.165, 1.54) is 0 Å². The Morgan fingerprint density at radius 3 is 2.38 bits per heavy atom. The summed E-state index contributed by atoms with van der Waals surface area (Å²) >= 11 is 0. The smallest absolute Gasteiger partial charge is 0.232 e. The van der Waals surface area contributed by atoms with Crippen LogP contribution in [-0.2, 0) is 18.4 Å². The van der Waals surface area contributed by atoms with E-state index >= 15 is 0 Å². The van der Waals surface area contributed by atoms with Gasteiger partial charge < -0.3 is 14.5 Å². The predicted octanol–water partition coefficient (Wildman–Crippen LogP) is 4.23. The van der Waals surface area contributed by atoms with Crippen molar-refractivity contribution in [1.82, 2.24) is 15.1 Å². The molecule has 0 saturated carbocycles. The van der Waals surface area contributed by atoms with Gasteiger partial charge in [-0.15, -0.1) is 0 Å². The number of carbonyl (C=O) groups is 1. The van der Waals surface area contributed by atoms with Crippen LogP contribution in [0.2, 0.25) is 0 Å². The van der Waals surface area contributed by atoms with Gasteiger partial charge in [-0.2, -0.15) is 5.10 Å². The van der Waals surface area contributed by atoms with Crippen LogP contribution in [0.1, 0.15) is 22.7 Å². The molecule has 5 rings (SSSR count). The Morgan fingerprint density at radius 2 is 1.72 bits per heavy atom. The van der Waals surface area contributed by atoms with Crippen molar-refractivity contribution in [3.05, 3.63) is 89.8 Å². The van der Waals surface area contributed by atoms with Crippen molar-refractivity contribution in [3.63, 3.8) is 0 Å². The SMILES string of the molecule is Cn1nc(CNC(=O)C2c3ccccc3Oc3ccccc32)cc1-c1ccco1. The fourth-order valence-electron chi connectivity index (χ4n) is 3.74. The Morgan fingerprint density at radius 1 is 1.03 bits per heavy atom. The molecule has 3 heterocycles. The highest BCUT2D eigenvalue weighted by molar-refractivity contribution is 5.89. The van der Waals surface area contributed by atoms with Gasteiger partial charge >= 0.3 is 0 Å². The topological polar surface area (TPSA) is 69.3 Å². The second-order valence-electron chi connectivity index (χ2n) is 6.95. The van der Waals surface area contributed by atoms with Crippen LogP contribution in [0.5, 0.6) is 11.5 Å². The van der Waals surface area contributed by atoms with Crippen molar-refractivity contribution in [2.24, 2.45) is 7.05 Å². The molecule has 0 bridgehead atoms. The molecule has 29 heavy (non-hydrogen) atoms. The molecule has 1 N–H and O–H groups in total. The molecule has 1 aliphatic rings. The van der Waals surface area contributed by atoms with Gasteiger partial charge in [-0.05, 0) is 30.3 Å². The Labute approximate surface area is 167 Å². The summed E-state index contributed by atoms with van der Waals surface area (Å²) in [5.41, 5.74) is 3.35. The van der Waals surface area contributed by atoms with Crippen molar-refractivity contribution >= 4 is 5.91 Å². The van der Waals surface area contributed by atoms with Crippen LogP contribution in [0.3, 0.4) is 0 Å². The molecule has 0 unspecified atom stereocenters. The third-order valence-corrected chi connectivity index (χ3v) is 5.09. The van der Waals surface area contributed by atoms with E-state index in [-0.39, 0.29) is 5.91 Å². The summed E-state index contributed by atoms with van der Waals surface area (Å²) in [6.45, 7) is 0.328. The normalized spacial score (nSPS) is 12.7. The average Bonchev–Trinajstić information content (AvgIpc) is 3.39. The number of amides is 1. The number of hydrogen-bond donors (Lipinski definition) is 1. The van der Waals surface area contributed by atoms with E-state index in [0.717, 1.165) is 28.3 Å². The van der Waals surface area contributed by atoms with Gasteiger partial charge in [0.05, 0.1) is 24.4 Å². The molecule has 0 aliphatic carbocycles. The van der Waals surface area contributed by atoms with Crippen LogP contribution in [-0.4, -0.2) is 15.7 Å². The van der Waals surface area contributed by atoms with Crippen LogP contribution in [0.15, 0.2) is 77.4 Å². The second kappa shape index (κ2) is 6.98. The maximum atomic E-state index is 13.2. The molecule has 2 aromatic carbocycles. The van der Waals surface area contributed by atoms with Crippen LogP contribution >= 0.6 is 0 Å². The highest BCUT2D eigenvalue weighted by Gasteiger charge is 2.32. The number of aryl methyl sites for hydroxylation is 1. The number of para-hydroxylation sites is 2. The van der Waals surface area contributed by atoms with E-state index in [1.54, 1.807) is 10.9 Å². The Kier molecular flexibility index (Phi) is 4.17. The number of nitrogens with one attached hydrogen (secondary N) is 1. The zero-order chi connectivity index (χ0) is 19.8. The van der Waals surface area contributed by atoms with Gasteiger partial charge in [0, 0.05) is 18.2 Å². The van der Waals surface area contributed by atoms with Gasteiger partial charge in [0.1, 0.15) is 17.2 Å². The second-order valence-corrected chi connectivity index (χ2v) is 6.95. The molecule has 0 atom stereocenters. The number of hydrogen-bond acceptors (Lipinski definition) is 4. The first-order chi connectivity index (χ1) is 14.2. The number of rotatable bonds is 4. The Balaban J connectivity index is 1.40. The highest BCUT2D eigenvalue weighted by atomic mass is 16.5. The molecule has 0 fully saturated rings. The Bertz CT molecular complexity index is 1130. The highest BCUT2D eigenvalue weighted by Crippen LogP contribution is 2.43. The molecular formula is C23H19N3O3. The lowest BCUT2D eigenvalue weighted by atomic mass is 9.87. The monoisotopic (exact) mass is 385 g/mol. The number of furan rings is 1. The lowest BCUT2D eigenvalue weighted by molar-refractivity contribution is -0.122. The van der Waals surface area contributed by atoms with Gasteiger partial charge in [0.15, 0.2) is 5.76 Å². The molecule has 1 aliphatic heterocycles. The summed E-state index contributed by atoms with van der Waals surface area (Å²) in [7, 11) is 1.86. The number of nitrogens with zero attached hydrogens (tertiary/aromatic N) is 2. The van der Waals surface area contributed by atoms with E-state index in [9.17, 15) is 4.79 Å². The van der Waals surface area contributed by atoms with Gasteiger partial charge in [-0.25, -0.2) is 0 Å². The molecule has 2 aromatic heterocycles. The minimum Gasteiger partial charge on any atom is -0.463 e. The van der Waals surface area contributed by atoms with Crippen LogP contribution in [0.4, 0.5) is 0 Å². The number of aromatic nitrogens is 2. The Hall–Kier alpha value is -3.80. The average molecular weight is 385 g/mol. The summed E-state index contributed by atoms with van der Waals surface area (Å²) in [4.78, 5) is 13.2. The standard InChI is InChI=1S/C23H19N3O3/c1-26-18(21-11-6-12-28-21)13-15(25-26)14-24-23(27)22-16-7-2-4-9-19(16)29-20-10-5-3-8-17(20)22/h2-13,22H,14H2,1H3,(H,24,27). The first-order valence-electron chi connectivity index (χ1n) is 9.41. The van der Waals surface area contributed by atoms with Crippen molar-refractivity contribution in [3.8, 4) is 23.0 Å². The van der Waals surface area contributed by atoms with Crippen molar-refractivity contribution in [2.75, 3.05) is 0 Å². The predicted molar refractivity (Wildman–Crippen MR) is 108 cm³/mol. The summed E-state index contributed by atoms with van der Waals surface area (Å²) in [6.07, 6.45) is 1.63. The van der Waals surface area contributed by atoms with Crippen LogP contribution in [0, 0.1) is 0 Å². The number of fused-ring (bicyclic) bond motifs is 2. The van der Waals surface area contributed by atoms with Crippen molar-refractivity contribution in [1.29, 1.82) is 0 Å². The minimum absolute atomic E-state index is 0.0848. The molecule has 144 valence electrons. The van der Waals surface area contributed by atoms with E-state index in [0.29, 0.717) is 18.0 Å². The summed E-state index contributed by atoms with van der Waals surface area (Å²) < 4.78 is 13.2. The number of benzene rings is 2. The zero-order valence-electron chi connectivity index (χ0n) is 15.8. The largest absolute Gasteiger partial charge is 0.463 e. The third-order valence-electron chi connectivity index (χ3n) is 5.09. The first kappa shape index (κ1) is 17.3. The minimum atomic E-state index is -0.426. The molecule has 6 heteroatoms. The van der Waals surface area contributed by atoms with Gasteiger partial charge in [0.25, 0.3) is 0 Å². The molecule has 0 saturated heterocycles. The maximum absolute atomic E-state index is 13.2. The van der Waals surface area contributed by atoms with E-state index in [2.05, 4.69) is 10.4 Å². The van der Waals surface area contributed by atoms with Gasteiger partial charge in [-0.1, -0.05) is 36.4 Å². The van der Waals surface area contributed by atoms with Gasteiger partial charge in [0.2, 0.25) is 5.91 Å². The zero-order valence-corrected chi connectivity index (χ0v) is 15.8. The molecule has 0 spiro atoms. The number of ether oxygens (including phenoxy) is 1. The molecule has 6 nitrogen and oxygen atoms in total. The van der Waals surface area contributed by atoms with E-state index in [4.69, 9.17) is 9.15 Å². The van der Waals surface area contributed by atoms with Crippen LogP contribution < -0.4 is 10.1 Å². The lowest BCUT2D eigenvalue weighted by Crippen LogP contribution is -2.31. The summed E-state index contributed by atoms with van der Waals surface area (Å²) in [5.74, 6) is 1.65. The van der Waals surface area contributed by atoms with Crippen molar-refractivity contribution < 1.29 is 13.9 Å². The quantitative estimate of drug-likeness (QED) is 0.571. The van der Waals surface area contributed by atoms with Crippen molar-refractivity contribution in [2.45, 2.75) is 12.5 Å². The molecule has 0 radical (unpaired) electrons. The van der Waals surface area contributed by atoms with E-state index in [1.807, 2.05) is 73.8 Å². The molecule has 1 amide bonds. The molecule has 4 aromatic rings. The van der Waals surface area contributed by atoms with Gasteiger partial charge in [-0.3, -0.25) is 9.48 Å². The van der Waals surface area contributed by atoms with Crippen LogP contribution in [0.25, 0.3) is 11.5 Å². The summed E-state index contributed by atoms with van der Waals surface area (Å²) in [6, 6.07) is 21.0. The third kappa shape index (κ3) is 3.08. The maximum Gasteiger partial charge on any atom is 0.232 e. The fraction of sp³-hybridized carbons (Fsp3) is 0.130. The lowest BCUT2D eigenvalue weighted by Gasteiger charge is -2.27. The summed E-state index contributed by atoms with van der Waals surface area (Å²) in [5, 5.41) is 7.52.